The van der Waals surface area contributed by atoms with E-state index in [4.69, 9.17) is 5.84 Å². The van der Waals surface area contributed by atoms with Crippen LogP contribution in [0.1, 0.15) is 56.0 Å². The van der Waals surface area contributed by atoms with E-state index >= 15 is 0 Å². The molecule has 1 saturated carbocycles. The van der Waals surface area contributed by atoms with Crippen LogP contribution in [0.2, 0.25) is 0 Å². The molecule has 96 valence electrons. The predicted octanol–water partition coefficient (Wildman–Crippen LogP) is 3.78. The SMILES string of the molecule is Cc1cc(C(NN)C2CCCCC2(C)C)cs1. The zero-order valence-corrected chi connectivity index (χ0v) is 11.9. The Morgan fingerprint density at radius 2 is 2.24 bits per heavy atom. The van der Waals surface area contributed by atoms with E-state index in [2.05, 4.69) is 37.6 Å². The number of rotatable bonds is 3. The Hall–Kier alpha value is -0.380. The van der Waals surface area contributed by atoms with Crippen LogP contribution in [-0.2, 0) is 0 Å². The van der Waals surface area contributed by atoms with Crippen molar-refractivity contribution in [3.8, 4) is 0 Å². The number of thiophene rings is 1. The maximum atomic E-state index is 5.82. The van der Waals surface area contributed by atoms with Crippen LogP contribution >= 0.6 is 11.3 Å². The first-order chi connectivity index (χ1) is 8.04. The molecule has 0 radical (unpaired) electrons. The summed E-state index contributed by atoms with van der Waals surface area (Å²) in [6.45, 7) is 6.94. The van der Waals surface area contributed by atoms with Gasteiger partial charge < -0.3 is 0 Å². The Morgan fingerprint density at radius 1 is 1.47 bits per heavy atom. The number of aryl methyl sites for hydroxylation is 1. The van der Waals surface area contributed by atoms with Gasteiger partial charge in [-0.1, -0.05) is 26.7 Å². The molecule has 0 amide bonds. The molecule has 17 heavy (non-hydrogen) atoms. The van der Waals surface area contributed by atoms with Crippen molar-refractivity contribution in [2.75, 3.05) is 0 Å². The number of nitrogens with two attached hydrogens (primary N) is 1. The Kier molecular flexibility index (Phi) is 3.91. The average molecular weight is 252 g/mol. The van der Waals surface area contributed by atoms with Crippen LogP contribution in [-0.4, -0.2) is 0 Å². The van der Waals surface area contributed by atoms with Crippen molar-refractivity contribution in [1.82, 2.24) is 5.43 Å². The van der Waals surface area contributed by atoms with Gasteiger partial charge >= 0.3 is 0 Å². The van der Waals surface area contributed by atoms with E-state index in [0.29, 0.717) is 17.4 Å². The standard InChI is InChI=1S/C14H24N2S/c1-10-8-11(9-17-10)13(16-15)12-6-4-5-7-14(12,2)3/h8-9,12-13,16H,4-7,15H2,1-3H3. The largest absolute Gasteiger partial charge is 0.271 e. The summed E-state index contributed by atoms with van der Waals surface area (Å²) in [6, 6.07) is 2.59. The summed E-state index contributed by atoms with van der Waals surface area (Å²) in [6.07, 6.45) is 5.31. The Morgan fingerprint density at radius 3 is 2.76 bits per heavy atom. The smallest absolute Gasteiger partial charge is 0.0501 e. The summed E-state index contributed by atoms with van der Waals surface area (Å²) < 4.78 is 0. The molecule has 0 bridgehead atoms. The van der Waals surface area contributed by atoms with Crippen molar-refractivity contribution in [3.05, 3.63) is 21.9 Å². The molecule has 2 nitrogen and oxygen atoms in total. The predicted molar refractivity (Wildman–Crippen MR) is 74.9 cm³/mol. The first kappa shape index (κ1) is 13.1. The maximum absolute atomic E-state index is 5.82. The van der Waals surface area contributed by atoms with E-state index in [-0.39, 0.29) is 0 Å². The van der Waals surface area contributed by atoms with Crippen LogP contribution in [0.15, 0.2) is 11.4 Å². The van der Waals surface area contributed by atoms with E-state index < -0.39 is 0 Å². The van der Waals surface area contributed by atoms with Crippen LogP contribution in [0.4, 0.5) is 0 Å². The van der Waals surface area contributed by atoms with E-state index in [0.717, 1.165) is 0 Å². The summed E-state index contributed by atoms with van der Waals surface area (Å²) in [5.41, 5.74) is 4.83. The molecular weight excluding hydrogens is 228 g/mol. The van der Waals surface area contributed by atoms with Crippen LogP contribution in [0.25, 0.3) is 0 Å². The van der Waals surface area contributed by atoms with Gasteiger partial charge in [0.25, 0.3) is 0 Å². The minimum absolute atomic E-state index is 0.315. The molecule has 1 aliphatic carbocycles. The van der Waals surface area contributed by atoms with E-state index in [1.807, 2.05) is 11.3 Å². The van der Waals surface area contributed by atoms with Gasteiger partial charge in [-0.15, -0.1) is 11.3 Å². The molecule has 0 aliphatic heterocycles. The number of hydrogen-bond acceptors (Lipinski definition) is 3. The van der Waals surface area contributed by atoms with Crippen LogP contribution in [0, 0.1) is 18.3 Å². The monoisotopic (exact) mass is 252 g/mol. The van der Waals surface area contributed by atoms with Crippen molar-refractivity contribution >= 4 is 11.3 Å². The zero-order chi connectivity index (χ0) is 12.5. The normalized spacial score (nSPS) is 25.8. The van der Waals surface area contributed by atoms with Gasteiger partial charge in [0.2, 0.25) is 0 Å². The average Bonchev–Trinajstić information content (AvgIpc) is 2.68. The highest BCUT2D eigenvalue weighted by molar-refractivity contribution is 7.10. The molecule has 2 atom stereocenters. The number of nitrogens with one attached hydrogen (secondary N) is 1. The molecule has 3 heteroatoms. The highest BCUT2D eigenvalue weighted by atomic mass is 32.1. The highest BCUT2D eigenvalue weighted by Gasteiger charge is 2.37. The van der Waals surface area contributed by atoms with E-state index in [9.17, 15) is 0 Å². The molecule has 0 aromatic carbocycles. The molecule has 0 spiro atoms. The lowest BCUT2D eigenvalue weighted by Crippen LogP contribution is -2.41. The van der Waals surface area contributed by atoms with Crippen molar-refractivity contribution in [2.45, 2.75) is 52.5 Å². The van der Waals surface area contributed by atoms with Gasteiger partial charge in [-0.05, 0) is 48.1 Å². The fraction of sp³-hybridized carbons (Fsp3) is 0.714. The van der Waals surface area contributed by atoms with Crippen molar-refractivity contribution in [1.29, 1.82) is 0 Å². The maximum Gasteiger partial charge on any atom is 0.0501 e. The molecule has 1 aromatic heterocycles. The van der Waals surface area contributed by atoms with Gasteiger partial charge in [-0.25, -0.2) is 0 Å². The lowest BCUT2D eigenvalue weighted by Gasteiger charge is -2.43. The molecule has 1 aromatic rings. The second-order valence-corrected chi connectivity index (χ2v) is 7.09. The summed E-state index contributed by atoms with van der Waals surface area (Å²) >= 11 is 1.82. The zero-order valence-electron chi connectivity index (χ0n) is 11.1. The summed E-state index contributed by atoms with van der Waals surface area (Å²) in [4.78, 5) is 1.37. The van der Waals surface area contributed by atoms with Crippen LogP contribution in [0.5, 0.6) is 0 Å². The third-order valence-corrected chi connectivity index (χ3v) is 5.16. The van der Waals surface area contributed by atoms with Gasteiger partial charge in [0.1, 0.15) is 0 Å². The van der Waals surface area contributed by atoms with Crippen molar-refractivity contribution in [3.63, 3.8) is 0 Å². The Balaban J connectivity index is 2.22. The molecule has 1 fully saturated rings. The molecule has 2 rings (SSSR count). The fourth-order valence-corrected chi connectivity index (χ4v) is 3.95. The van der Waals surface area contributed by atoms with Crippen molar-refractivity contribution < 1.29 is 0 Å². The summed E-state index contributed by atoms with van der Waals surface area (Å²) in [5.74, 6) is 6.47. The Bertz CT molecular complexity index is 370. The molecular formula is C14H24N2S. The quantitative estimate of drug-likeness (QED) is 0.634. The molecule has 1 heterocycles. The number of hydrogen-bond donors (Lipinski definition) is 2. The topological polar surface area (TPSA) is 38.0 Å². The van der Waals surface area contributed by atoms with Crippen molar-refractivity contribution in [2.24, 2.45) is 17.2 Å². The van der Waals surface area contributed by atoms with Gasteiger partial charge in [-0.3, -0.25) is 11.3 Å². The lowest BCUT2D eigenvalue weighted by atomic mass is 9.65. The first-order valence-corrected chi connectivity index (χ1v) is 7.44. The van der Waals surface area contributed by atoms with Crippen LogP contribution in [0.3, 0.4) is 0 Å². The summed E-state index contributed by atoms with van der Waals surface area (Å²) in [5, 5.41) is 2.25. The van der Waals surface area contributed by atoms with Gasteiger partial charge in [0.15, 0.2) is 0 Å². The second-order valence-electron chi connectivity index (χ2n) is 5.98. The molecule has 2 unspecified atom stereocenters. The molecule has 3 N–H and O–H groups in total. The fourth-order valence-electron chi connectivity index (χ4n) is 3.21. The Labute approximate surface area is 109 Å². The first-order valence-electron chi connectivity index (χ1n) is 6.56. The third-order valence-electron chi connectivity index (χ3n) is 4.28. The summed E-state index contributed by atoms with van der Waals surface area (Å²) in [7, 11) is 0. The van der Waals surface area contributed by atoms with Crippen LogP contribution < -0.4 is 11.3 Å². The minimum Gasteiger partial charge on any atom is -0.271 e. The number of hydrazine groups is 1. The minimum atomic E-state index is 0.315. The van der Waals surface area contributed by atoms with E-state index in [1.54, 1.807) is 0 Å². The third kappa shape index (κ3) is 2.72. The van der Waals surface area contributed by atoms with E-state index in [1.165, 1.54) is 36.1 Å². The molecule has 0 saturated heterocycles. The lowest BCUT2D eigenvalue weighted by molar-refractivity contribution is 0.0984. The van der Waals surface area contributed by atoms with Gasteiger partial charge in [0.05, 0.1) is 6.04 Å². The second kappa shape index (κ2) is 5.09. The van der Waals surface area contributed by atoms with Gasteiger partial charge in [0, 0.05) is 4.88 Å². The highest BCUT2D eigenvalue weighted by Crippen LogP contribution is 2.46. The molecule has 1 aliphatic rings. The van der Waals surface area contributed by atoms with Gasteiger partial charge in [-0.2, -0.15) is 0 Å².